The number of piperidine rings is 1. The van der Waals surface area contributed by atoms with Crippen LogP contribution < -0.4 is 15.6 Å². The predicted molar refractivity (Wildman–Crippen MR) is 246 cm³/mol. The number of amides is 3. The van der Waals surface area contributed by atoms with E-state index in [-0.39, 0.29) is 36.5 Å². The van der Waals surface area contributed by atoms with Gasteiger partial charge in [-0.2, -0.15) is 5.10 Å². The van der Waals surface area contributed by atoms with Crippen LogP contribution in [-0.2, 0) is 14.4 Å². The Hall–Kier alpha value is -4.38. The maximum atomic E-state index is 14.0. The van der Waals surface area contributed by atoms with Crippen LogP contribution in [-0.4, -0.2) is 124 Å². The molecule has 4 aliphatic heterocycles. The number of hydrogen-bond donors (Lipinski definition) is 2. The molecular formula is C44H52Cl3N11O3S. The molecular weight excluding hydrogens is 869 g/mol. The highest BCUT2D eigenvalue weighted by Crippen LogP contribution is 2.40. The molecule has 4 aliphatic rings. The molecule has 2 N–H and O–H groups in total. The molecule has 2 aromatic heterocycles. The van der Waals surface area contributed by atoms with E-state index in [0.717, 1.165) is 77.9 Å². The number of carbonyl (C=O) groups excluding carboxylic acids is 3. The smallest absolute Gasteiger partial charge is 0.234 e. The number of benzene rings is 2. The summed E-state index contributed by atoms with van der Waals surface area (Å²) in [6.45, 7) is 14.2. The first-order valence-corrected chi connectivity index (χ1v) is 23.3. The third kappa shape index (κ3) is 9.73. The van der Waals surface area contributed by atoms with E-state index in [1.165, 1.54) is 4.88 Å². The molecule has 18 heteroatoms. The van der Waals surface area contributed by atoms with E-state index >= 15 is 0 Å². The summed E-state index contributed by atoms with van der Waals surface area (Å²) in [5, 5.41) is 23.9. The molecule has 0 radical (unpaired) electrons. The molecule has 0 spiro atoms. The maximum Gasteiger partial charge on any atom is 0.234 e. The number of fused-ring (bicyclic) bond motifs is 3. The number of hydrazone groups is 1. The van der Waals surface area contributed by atoms with E-state index in [4.69, 9.17) is 39.8 Å². The molecule has 14 nitrogen and oxygen atoms in total. The van der Waals surface area contributed by atoms with E-state index < -0.39 is 6.04 Å². The standard InChI is InChI=1S/C44H52Cl3N11O3S/c1-26-24-57(33-11-12-34(46)35(47)22-33)53-42(26)50-37(59)6-5-15-48-38(60)25-54-16-13-32(14-17-54)55-18-20-56(21-19-55)39(61)23-36-43-52-51-29(4)58(43)44-40(27(2)28(3)62-44)41(49-36)30-7-9-31(45)10-8-30/h7-12,22,26,32,36H,5-6,13-21,23-25H2,1-4H3,(H,48,60)(H,50,53,59)/t26?,36-/m0/s1. The zero-order valence-electron chi connectivity index (χ0n) is 35.5. The van der Waals surface area contributed by atoms with Crippen LogP contribution in [0, 0.1) is 26.7 Å². The third-order valence-corrected chi connectivity index (χ3v) is 14.5. The van der Waals surface area contributed by atoms with Gasteiger partial charge >= 0.3 is 0 Å². The van der Waals surface area contributed by atoms with Crippen molar-refractivity contribution in [3.8, 4) is 5.00 Å². The number of hydrogen-bond acceptors (Lipinski definition) is 11. The second-order valence-corrected chi connectivity index (χ2v) is 19.1. The van der Waals surface area contributed by atoms with Gasteiger partial charge in [0.05, 0.1) is 41.0 Å². The Labute approximate surface area is 381 Å². The minimum Gasteiger partial charge on any atom is -0.355 e. The van der Waals surface area contributed by atoms with Crippen LogP contribution >= 0.6 is 46.1 Å². The Kier molecular flexibility index (Phi) is 13.7. The van der Waals surface area contributed by atoms with Gasteiger partial charge in [0.1, 0.15) is 22.7 Å². The molecule has 2 saturated heterocycles. The van der Waals surface area contributed by atoms with Gasteiger partial charge in [0.15, 0.2) is 5.82 Å². The van der Waals surface area contributed by atoms with Crippen LogP contribution in [0.5, 0.6) is 0 Å². The number of rotatable bonds is 11. The van der Waals surface area contributed by atoms with Crippen molar-refractivity contribution in [3.05, 3.63) is 90.7 Å². The van der Waals surface area contributed by atoms with Crippen molar-refractivity contribution < 1.29 is 14.4 Å². The first kappa shape index (κ1) is 44.2. The number of piperazine rings is 1. The lowest BCUT2D eigenvalue weighted by Gasteiger charge is -2.42. The number of halogens is 3. The Morgan fingerprint density at radius 3 is 2.35 bits per heavy atom. The summed E-state index contributed by atoms with van der Waals surface area (Å²) >= 11 is 20.2. The lowest BCUT2D eigenvalue weighted by atomic mass is 9.99. The highest BCUT2D eigenvalue weighted by atomic mass is 35.5. The van der Waals surface area contributed by atoms with Crippen LogP contribution in [0.3, 0.4) is 0 Å². The van der Waals surface area contributed by atoms with Gasteiger partial charge in [-0.1, -0.05) is 53.9 Å². The Morgan fingerprint density at radius 1 is 0.887 bits per heavy atom. The second-order valence-electron chi connectivity index (χ2n) is 16.6. The highest BCUT2D eigenvalue weighted by molar-refractivity contribution is 7.15. The Morgan fingerprint density at radius 2 is 1.63 bits per heavy atom. The van der Waals surface area contributed by atoms with Crippen molar-refractivity contribution in [2.45, 2.75) is 71.9 Å². The van der Waals surface area contributed by atoms with E-state index in [1.807, 2.05) is 49.1 Å². The predicted octanol–water partition coefficient (Wildman–Crippen LogP) is 6.59. The lowest BCUT2D eigenvalue weighted by Crippen LogP contribution is -2.55. The molecule has 6 heterocycles. The van der Waals surface area contributed by atoms with E-state index in [0.29, 0.717) is 71.9 Å². The number of thiophene rings is 1. The number of amidine groups is 1. The minimum atomic E-state index is -0.497. The van der Waals surface area contributed by atoms with E-state index in [2.05, 4.69) is 54.1 Å². The number of nitrogens with one attached hydrogen (secondary N) is 2. The van der Waals surface area contributed by atoms with Gasteiger partial charge in [0, 0.05) is 85.2 Å². The lowest BCUT2D eigenvalue weighted by molar-refractivity contribution is -0.133. The highest BCUT2D eigenvalue weighted by Gasteiger charge is 2.35. The summed E-state index contributed by atoms with van der Waals surface area (Å²) in [4.78, 5) is 52.7. The summed E-state index contributed by atoms with van der Waals surface area (Å²) in [6.07, 6.45) is 2.94. The summed E-state index contributed by atoms with van der Waals surface area (Å²) in [6, 6.07) is 13.0. The number of nitrogens with zero attached hydrogens (tertiary/aromatic N) is 9. The quantitative estimate of drug-likeness (QED) is 0.161. The first-order valence-electron chi connectivity index (χ1n) is 21.3. The fourth-order valence-electron chi connectivity index (χ4n) is 8.72. The number of anilines is 1. The molecule has 4 aromatic rings. The monoisotopic (exact) mass is 919 g/mol. The van der Waals surface area contributed by atoms with E-state index in [9.17, 15) is 14.4 Å². The first-order chi connectivity index (χ1) is 29.8. The van der Waals surface area contributed by atoms with E-state index in [1.54, 1.807) is 28.5 Å². The average Bonchev–Trinajstić information content (AvgIpc) is 3.89. The van der Waals surface area contributed by atoms with Gasteiger partial charge in [-0.15, -0.1) is 21.5 Å². The fourth-order valence-corrected chi connectivity index (χ4v) is 10.4. The zero-order valence-corrected chi connectivity index (χ0v) is 38.5. The number of carbonyl (C=O) groups is 3. The minimum absolute atomic E-state index is 0.0328. The largest absolute Gasteiger partial charge is 0.355 e. The number of likely N-dealkylation sites (tertiary alicyclic amines) is 1. The van der Waals surface area contributed by atoms with Crippen molar-refractivity contribution in [3.63, 3.8) is 0 Å². The summed E-state index contributed by atoms with van der Waals surface area (Å²) in [5.41, 5.74) is 4.81. The van der Waals surface area contributed by atoms with Crippen LogP contribution in [0.1, 0.15) is 78.3 Å². The molecule has 1 unspecified atom stereocenters. The molecule has 328 valence electrons. The topological polar surface area (TPSA) is 144 Å². The van der Waals surface area contributed by atoms with Crippen LogP contribution in [0.2, 0.25) is 15.1 Å². The SMILES string of the molecule is Cc1sc2c(c1C)C(c1ccc(Cl)cc1)=N[C@@H](CC(=O)N1CCN(C3CCN(CC(=O)NCCCC(=O)NC4=NN(c5ccc(Cl)c(Cl)c5)CC4C)CC3)CC1)c1nnc(C)n1-2. The van der Waals surface area contributed by atoms with Crippen molar-refractivity contribution in [1.29, 1.82) is 0 Å². The van der Waals surface area contributed by atoms with Gasteiger partial charge in [0.25, 0.3) is 0 Å². The molecule has 0 saturated carbocycles. The summed E-state index contributed by atoms with van der Waals surface area (Å²) in [5.74, 6) is 2.00. The van der Waals surface area contributed by atoms with Crippen molar-refractivity contribution in [2.75, 3.05) is 63.9 Å². The molecule has 0 aliphatic carbocycles. The molecule has 2 fully saturated rings. The fraction of sp³-hybridized carbons (Fsp3) is 0.477. The molecule has 0 bridgehead atoms. The molecule has 2 aromatic carbocycles. The van der Waals surface area contributed by atoms with Crippen molar-refractivity contribution in [1.82, 2.24) is 40.1 Å². The number of aliphatic imine (C=N–C) groups is 1. The Balaban J connectivity index is 0.770. The third-order valence-electron chi connectivity index (χ3n) is 12.3. The summed E-state index contributed by atoms with van der Waals surface area (Å²) in [7, 11) is 0. The zero-order chi connectivity index (χ0) is 43.7. The molecule has 62 heavy (non-hydrogen) atoms. The van der Waals surface area contributed by atoms with Crippen LogP contribution in [0.4, 0.5) is 5.69 Å². The summed E-state index contributed by atoms with van der Waals surface area (Å²) < 4.78 is 2.09. The molecule has 3 amide bonds. The van der Waals surface area contributed by atoms with Gasteiger partial charge < -0.3 is 15.5 Å². The van der Waals surface area contributed by atoms with Gasteiger partial charge in [-0.05, 0) is 75.9 Å². The molecule has 8 rings (SSSR count). The second kappa shape index (κ2) is 19.2. The Bertz CT molecular complexity index is 2380. The average molecular weight is 921 g/mol. The van der Waals surface area contributed by atoms with Crippen molar-refractivity contribution in [2.24, 2.45) is 16.0 Å². The number of aryl methyl sites for hydroxylation is 2. The number of aromatic nitrogens is 3. The molecule has 2 atom stereocenters. The van der Waals surface area contributed by atoms with Crippen LogP contribution in [0.15, 0.2) is 52.6 Å². The van der Waals surface area contributed by atoms with Gasteiger partial charge in [-0.25, -0.2) is 0 Å². The van der Waals surface area contributed by atoms with Crippen LogP contribution in [0.25, 0.3) is 5.00 Å². The maximum absolute atomic E-state index is 14.0. The van der Waals surface area contributed by atoms with Crippen molar-refractivity contribution >= 4 is 81.1 Å². The normalized spacial score (nSPS) is 19.7. The van der Waals surface area contributed by atoms with Gasteiger partial charge in [-0.3, -0.25) is 38.8 Å². The van der Waals surface area contributed by atoms with Gasteiger partial charge in [0.2, 0.25) is 17.7 Å².